The first-order valence-corrected chi connectivity index (χ1v) is 10.3. The quantitative estimate of drug-likeness (QED) is 0.413. The summed E-state index contributed by atoms with van der Waals surface area (Å²) in [7, 11) is 0. The van der Waals surface area contributed by atoms with Crippen molar-refractivity contribution in [2.45, 2.75) is 19.4 Å². The Morgan fingerprint density at radius 1 is 1.07 bits per heavy atom. The van der Waals surface area contributed by atoms with Crippen LogP contribution in [0.2, 0.25) is 0 Å². The highest BCUT2D eigenvalue weighted by Gasteiger charge is 2.18. The minimum atomic E-state index is -0.114. The lowest BCUT2D eigenvalue weighted by Crippen LogP contribution is -2.28. The monoisotopic (exact) mass is 445 g/mol. The van der Waals surface area contributed by atoms with E-state index in [0.29, 0.717) is 5.56 Å². The van der Waals surface area contributed by atoms with Gasteiger partial charge in [-0.05, 0) is 48.4 Å². The van der Waals surface area contributed by atoms with Crippen LogP contribution in [0, 0.1) is 0 Å². The second-order valence-electron chi connectivity index (χ2n) is 6.80. The first-order valence-electron chi connectivity index (χ1n) is 9.52. The second-order valence-corrected chi connectivity index (χ2v) is 7.72. The Kier molecular flexibility index (Phi) is 5.67. The fourth-order valence-corrected chi connectivity index (χ4v) is 3.75. The van der Waals surface area contributed by atoms with Gasteiger partial charge in [-0.1, -0.05) is 53.2 Å². The van der Waals surface area contributed by atoms with Crippen molar-refractivity contribution in [1.29, 1.82) is 0 Å². The van der Waals surface area contributed by atoms with E-state index < -0.39 is 0 Å². The van der Waals surface area contributed by atoms with Crippen LogP contribution in [0.5, 0.6) is 0 Å². The zero-order chi connectivity index (χ0) is 20.2. The van der Waals surface area contributed by atoms with Crippen LogP contribution < -0.4 is 5.32 Å². The zero-order valence-electron chi connectivity index (χ0n) is 16.0. The number of carbonyl (C=O) groups is 1. The number of amides is 1. The van der Waals surface area contributed by atoms with E-state index in [4.69, 9.17) is 4.98 Å². The Bertz CT molecular complexity index is 1150. The number of hydrogen-bond donors (Lipinski definition) is 1. The highest BCUT2D eigenvalue weighted by Crippen LogP contribution is 2.28. The van der Waals surface area contributed by atoms with Crippen molar-refractivity contribution in [3.05, 3.63) is 94.7 Å². The van der Waals surface area contributed by atoms with E-state index >= 15 is 0 Å². The van der Waals surface area contributed by atoms with Crippen LogP contribution in [0.25, 0.3) is 22.2 Å². The highest BCUT2D eigenvalue weighted by molar-refractivity contribution is 9.10. The fourth-order valence-electron chi connectivity index (χ4n) is 3.39. The third-order valence-corrected chi connectivity index (χ3v) is 5.38. The topological polar surface area (TPSA) is 54.9 Å². The van der Waals surface area contributed by atoms with Gasteiger partial charge in [0.2, 0.25) is 0 Å². The number of nitrogens with one attached hydrogen (secondary N) is 1. The van der Waals surface area contributed by atoms with Gasteiger partial charge in [0.15, 0.2) is 0 Å². The molecule has 1 atom stereocenters. The van der Waals surface area contributed by atoms with Crippen LogP contribution in [0.4, 0.5) is 0 Å². The van der Waals surface area contributed by atoms with Crippen LogP contribution >= 0.6 is 15.9 Å². The molecule has 2 aromatic heterocycles. The summed E-state index contributed by atoms with van der Waals surface area (Å²) in [6.45, 7) is 2.07. The number of aromatic nitrogens is 2. The van der Waals surface area contributed by atoms with Crippen molar-refractivity contribution >= 4 is 32.7 Å². The number of halogens is 1. The molecule has 1 amide bonds. The van der Waals surface area contributed by atoms with Gasteiger partial charge in [0.1, 0.15) is 0 Å². The molecule has 4 rings (SSSR count). The number of nitrogens with zero attached hydrogens (tertiary/aromatic N) is 2. The van der Waals surface area contributed by atoms with Gasteiger partial charge in [-0.2, -0.15) is 0 Å². The molecule has 0 saturated carbocycles. The first kappa shape index (κ1) is 19.3. The zero-order valence-corrected chi connectivity index (χ0v) is 17.6. The molecule has 4 nitrogen and oxygen atoms in total. The minimum Gasteiger partial charge on any atom is -0.345 e. The third kappa shape index (κ3) is 4.20. The summed E-state index contributed by atoms with van der Waals surface area (Å²) >= 11 is 3.51. The Balaban J connectivity index is 1.78. The van der Waals surface area contributed by atoms with Crippen LogP contribution in [-0.4, -0.2) is 15.9 Å². The summed E-state index contributed by atoms with van der Waals surface area (Å²) < 4.78 is 0.907. The molecular formula is C24H20BrN3O. The molecule has 0 aliphatic rings. The number of rotatable bonds is 5. The van der Waals surface area contributed by atoms with Gasteiger partial charge in [-0.3, -0.25) is 9.78 Å². The number of carbonyl (C=O) groups excluding carboxylic acids is 1. The van der Waals surface area contributed by atoms with Crippen molar-refractivity contribution in [1.82, 2.24) is 15.3 Å². The van der Waals surface area contributed by atoms with E-state index in [9.17, 15) is 4.79 Å². The molecule has 0 bridgehead atoms. The van der Waals surface area contributed by atoms with Gasteiger partial charge in [-0.15, -0.1) is 0 Å². The maximum absolute atomic E-state index is 13.3. The van der Waals surface area contributed by atoms with Gasteiger partial charge < -0.3 is 5.32 Å². The summed E-state index contributed by atoms with van der Waals surface area (Å²) in [5.74, 6) is -0.114. The largest absolute Gasteiger partial charge is 0.345 e. The summed E-state index contributed by atoms with van der Waals surface area (Å²) in [5.41, 5.74) is 4.07. The predicted molar refractivity (Wildman–Crippen MR) is 120 cm³/mol. The number of benzene rings is 2. The van der Waals surface area contributed by atoms with Gasteiger partial charge in [-0.25, -0.2) is 4.98 Å². The molecule has 2 heterocycles. The Morgan fingerprint density at radius 3 is 2.62 bits per heavy atom. The molecule has 144 valence electrons. The van der Waals surface area contributed by atoms with E-state index in [2.05, 4.69) is 33.2 Å². The average Bonchev–Trinajstić information content (AvgIpc) is 2.77. The summed E-state index contributed by atoms with van der Waals surface area (Å²) in [6, 6.07) is 21.4. The molecule has 1 N–H and O–H groups in total. The molecule has 0 spiro atoms. The minimum absolute atomic E-state index is 0.0547. The van der Waals surface area contributed by atoms with E-state index in [1.54, 1.807) is 12.4 Å². The van der Waals surface area contributed by atoms with Crippen molar-refractivity contribution in [2.24, 2.45) is 0 Å². The molecule has 0 fully saturated rings. The Morgan fingerprint density at radius 2 is 1.90 bits per heavy atom. The summed E-state index contributed by atoms with van der Waals surface area (Å²) in [6.07, 6.45) is 4.28. The maximum atomic E-state index is 13.3. The molecule has 4 aromatic rings. The van der Waals surface area contributed by atoms with Crippen molar-refractivity contribution < 1.29 is 4.79 Å². The Hall–Kier alpha value is -3.05. The molecule has 0 aliphatic heterocycles. The van der Waals surface area contributed by atoms with Crippen LogP contribution in [-0.2, 0) is 0 Å². The van der Waals surface area contributed by atoms with Gasteiger partial charge in [0.25, 0.3) is 5.91 Å². The van der Waals surface area contributed by atoms with Crippen molar-refractivity contribution in [2.75, 3.05) is 0 Å². The number of pyridine rings is 2. The Labute approximate surface area is 178 Å². The van der Waals surface area contributed by atoms with Crippen molar-refractivity contribution in [3.8, 4) is 11.3 Å². The lowest BCUT2D eigenvalue weighted by molar-refractivity contribution is 0.0937. The lowest BCUT2D eigenvalue weighted by atomic mass is 10.0. The summed E-state index contributed by atoms with van der Waals surface area (Å²) in [5, 5.41) is 4.00. The van der Waals surface area contributed by atoms with Gasteiger partial charge >= 0.3 is 0 Å². The number of hydrogen-bond acceptors (Lipinski definition) is 3. The van der Waals surface area contributed by atoms with E-state index in [1.165, 1.54) is 0 Å². The molecule has 2 aromatic carbocycles. The molecule has 0 unspecified atom stereocenters. The average molecular weight is 446 g/mol. The molecule has 0 aliphatic carbocycles. The second kappa shape index (κ2) is 8.53. The maximum Gasteiger partial charge on any atom is 0.252 e. The first-order chi connectivity index (χ1) is 14.2. The lowest BCUT2D eigenvalue weighted by Gasteiger charge is -2.18. The van der Waals surface area contributed by atoms with Gasteiger partial charge in [0, 0.05) is 27.8 Å². The van der Waals surface area contributed by atoms with Crippen molar-refractivity contribution in [3.63, 3.8) is 0 Å². The third-order valence-electron chi connectivity index (χ3n) is 4.89. The molecule has 5 heteroatoms. The SMILES string of the molecule is CC[C@H](NC(=O)c1cc(-c2cccnc2)nc2ccc(Br)cc12)c1ccccc1. The van der Waals surface area contributed by atoms with Crippen LogP contribution in [0.1, 0.15) is 35.3 Å². The van der Waals surface area contributed by atoms with Crippen LogP contribution in [0.3, 0.4) is 0 Å². The van der Waals surface area contributed by atoms with E-state index in [0.717, 1.165) is 38.6 Å². The standard InChI is InChI=1S/C24H20BrN3O/c1-2-21(16-7-4-3-5-8-16)28-24(29)20-14-23(17-9-6-12-26-15-17)27-22-11-10-18(25)13-19(20)22/h3-15,21H,2H2,1H3,(H,28,29)/t21-/m0/s1. The normalized spacial score (nSPS) is 11.9. The summed E-state index contributed by atoms with van der Waals surface area (Å²) in [4.78, 5) is 22.3. The molecular weight excluding hydrogens is 426 g/mol. The molecule has 29 heavy (non-hydrogen) atoms. The van der Waals surface area contributed by atoms with Crippen LogP contribution in [0.15, 0.2) is 83.6 Å². The van der Waals surface area contributed by atoms with E-state index in [-0.39, 0.29) is 11.9 Å². The highest BCUT2D eigenvalue weighted by atomic mass is 79.9. The van der Waals surface area contributed by atoms with E-state index in [1.807, 2.05) is 66.7 Å². The molecule has 0 saturated heterocycles. The smallest absolute Gasteiger partial charge is 0.252 e. The fraction of sp³-hybridized carbons (Fsp3) is 0.125. The predicted octanol–water partition coefficient (Wildman–Crippen LogP) is 5.94. The molecule has 0 radical (unpaired) electrons. The number of fused-ring (bicyclic) bond motifs is 1. The van der Waals surface area contributed by atoms with Gasteiger partial charge in [0.05, 0.1) is 22.8 Å².